The van der Waals surface area contributed by atoms with Gasteiger partial charge in [0.1, 0.15) is 6.61 Å². The number of allylic oxidation sites excluding steroid dienone is 1. The van der Waals surface area contributed by atoms with Gasteiger partial charge in [-0.2, -0.15) is 19.2 Å². The Kier molecular flexibility index (Phi) is 16.1. The summed E-state index contributed by atoms with van der Waals surface area (Å²) >= 11 is 0. The lowest BCUT2D eigenvalue weighted by Gasteiger charge is -2.14. The Morgan fingerprint density at radius 2 is 1.36 bits per heavy atom. The van der Waals surface area contributed by atoms with Gasteiger partial charge in [0.25, 0.3) is 0 Å². The summed E-state index contributed by atoms with van der Waals surface area (Å²) in [6, 6.07) is -0.806. The first-order chi connectivity index (χ1) is 11.9. The molecule has 0 aliphatic heterocycles. The Bertz CT molecular complexity index is 323. The molecule has 0 aromatic rings. The van der Waals surface area contributed by atoms with E-state index in [4.69, 9.17) is 20.4 Å². The first-order valence-corrected chi connectivity index (χ1v) is 11.3. The van der Waals surface area contributed by atoms with E-state index in [1.807, 2.05) is 6.08 Å². The summed E-state index contributed by atoms with van der Waals surface area (Å²) in [6.07, 6.45) is 17.8. The van der Waals surface area contributed by atoms with Crippen LogP contribution in [0.2, 0.25) is 0 Å². The van der Waals surface area contributed by atoms with Gasteiger partial charge in [0, 0.05) is 0 Å². The van der Waals surface area contributed by atoms with E-state index in [2.05, 4.69) is 11.4 Å². The van der Waals surface area contributed by atoms with Crippen LogP contribution in [0.15, 0.2) is 12.2 Å². The molecule has 0 unspecified atom stereocenters. The maximum absolute atomic E-state index is 9.77. The second kappa shape index (κ2) is 16.1. The van der Waals surface area contributed by atoms with Gasteiger partial charge in [-0.1, -0.05) is 83.3 Å². The molecule has 0 amide bonds. The van der Waals surface area contributed by atoms with Gasteiger partial charge in [-0.3, -0.25) is 0 Å². The molecule has 0 rings (SSSR count). The molecule has 6 nitrogen and oxygen atoms in total. The lowest BCUT2D eigenvalue weighted by Crippen LogP contribution is -2.37. The first kappa shape index (κ1) is 24.9. The molecule has 0 heterocycles. The molecule has 0 aliphatic rings. The lowest BCUT2D eigenvalue weighted by molar-refractivity contribution is 0.113. The van der Waals surface area contributed by atoms with E-state index in [-0.39, 0.29) is 6.61 Å². The van der Waals surface area contributed by atoms with E-state index in [9.17, 15) is 5.11 Å². The number of nitrogens with two attached hydrogens (primary N) is 1. The van der Waals surface area contributed by atoms with Crippen molar-refractivity contribution in [3.05, 3.63) is 12.2 Å². The summed E-state index contributed by atoms with van der Waals surface area (Å²) in [5, 5.41) is 9.77. The second-order valence-corrected chi connectivity index (χ2v) is 8.00. The summed E-state index contributed by atoms with van der Waals surface area (Å²) in [5.41, 5.74) is 5.63. The molecule has 25 heavy (non-hydrogen) atoms. The molecule has 2 atom stereocenters. The minimum Gasteiger partial charge on any atom is -0.387 e. The minimum absolute atomic E-state index is 0.318. The Hall–Kier alpha value is -0.0700. The molecule has 0 aromatic carbocycles. The Morgan fingerprint density at radius 3 is 1.84 bits per heavy atom. The largest absolute Gasteiger partial charge is 0.567 e. The zero-order valence-electron chi connectivity index (χ0n) is 15.7. The van der Waals surface area contributed by atoms with Gasteiger partial charge in [-0.25, -0.2) is 0 Å². The van der Waals surface area contributed by atoms with Gasteiger partial charge in [0.15, 0.2) is 0 Å². The fourth-order valence-corrected chi connectivity index (χ4v) is 2.96. The Morgan fingerprint density at radius 1 is 0.880 bits per heavy atom. The van der Waals surface area contributed by atoms with Crippen LogP contribution in [0.25, 0.3) is 0 Å². The highest BCUT2D eigenvalue weighted by Crippen LogP contribution is 2.45. The van der Waals surface area contributed by atoms with E-state index < -0.39 is 20.3 Å². The van der Waals surface area contributed by atoms with Crippen molar-refractivity contribution in [2.24, 2.45) is 5.73 Å². The average molecular weight is 380 g/mol. The first-order valence-electron chi connectivity index (χ1n) is 9.69. The third-order valence-electron chi connectivity index (χ3n) is 4.19. The number of hydrogen-bond acceptors (Lipinski definition) is 6. The highest BCUT2D eigenvalue weighted by atomic mass is 31.2. The normalized spacial score (nSPS) is 15.0. The topological polar surface area (TPSA) is 116 Å². The van der Waals surface area contributed by atoms with Gasteiger partial charge in [0.05, 0.1) is 12.1 Å². The van der Waals surface area contributed by atoms with E-state index in [1.165, 1.54) is 64.2 Å². The van der Waals surface area contributed by atoms with Crippen molar-refractivity contribution < 1.29 is 24.3 Å². The third kappa shape index (κ3) is 18.5. The van der Waals surface area contributed by atoms with Gasteiger partial charge in [-0.15, -0.1) is 0 Å². The zero-order chi connectivity index (χ0) is 19.0. The smallest absolute Gasteiger partial charge is 0.387 e. The molecule has 0 saturated heterocycles. The Balaban J connectivity index is 3.44. The molecule has 0 saturated carbocycles. The molecule has 0 radical (unpaired) electrons. The van der Waals surface area contributed by atoms with Gasteiger partial charge in [0.2, 0.25) is 0 Å². The van der Waals surface area contributed by atoms with Crippen LogP contribution in [-0.2, 0) is 4.52 Å². The van der Waals surface area contributed by atoms with Crippen LogP contribution < -0.4 is 5.73 Å². The van der Waals surface area contributed by atoms with Crippen LogP contribution in [-0.4, -0.2) is 38.5 Å². The maximum atomic E-state index is 9.77. The SMILES string of the molecule is CCCCCCCCCCCCC/C=C/[C@@H](O)[C@@H](N)CO[P+](O)(O)O. The minimum atomic E-state index is -4.28. The average Bonchev–Trinajstić information content (AvgIpc) is 2.56. The van der Waals surface area contributed by atoms with Crippen LogP contribution in [0.1, 0.15) is 84.0 Å². The maximum Gasteiger partial charge on any atom is 0.567 e. The summed E-state index contributed by atoms with van der Waals surface area (Å²) < 4.78 is 4.39. The van der Waals surface area contributed by atoms with Crippen molar-refractivity contribution in [3.63, 3.8) is 0 Å². The number of aliphatic hydroxyl groups is 1. The highest BCUT2D eigenvalue weighted by molar-refractivity contribution is 7.53. The van der Waals surface area contributed by atoms with E-state index in [1.54, 1.807) is 6.08 Å². The number of unbranched alkanes of at least 4 members (excludes halogenated alkanes) is 11. The molecule has 0 fully saturated rings. The predicted octanol–water partition coefficient (Wildman–Crippen LogP) is 3.60. The predicted molar refractivity (Wildman–Crippen MR) is 104 cm³/mol. The summed E-state index contributed by atoms with van der Waals surface area (Å²) in [4.78, 5) is 26.1. The van der Waals surface area contributed by atoms with Crippen LogP contribution in [0.3, 0.4) is 0 Å². The number of rotatable bonds is 17. The molecule has 0 bridgehead atoms. The highest BCUT2D eigenvalue weighted by Gasteiger charge is 2.34. The lowest BCUT2D eigenvalue weighted by atomic mass is 10.0. The van der Waals surface area contributed by atoms with Crippen molar-refractivity contribution in [1.29, 1.82) is 0 Å². The molecule has 0 aliphatic carbocycles. The summed E-state index contributed by atoms with van der Waals surface area (Å²) in [5.74, 6) is 0. The van der Waals surface area contributed by atoms with Crippen LogP contribution in [0, 0.1) is 0 Å². The zero-order valence-corrected chi connectivity index (χ0v) is 16.6. The van der Waals surface area contributed by atoms with Gasteiger partial charge < -0.3 is 10.8 Å². The van der Waals surface area contributed by atoms with Crippen molar-refractivity contribution in [3.8, 4) is 0 Å². The molecular formula is C18H39NO5P+. The molecule has 7 heteroatoms. The quantitative estimate of drug-likeness (QED) is 0.150. The van der Waals surface area contributed by atoms with E-state index in [0.717, 1.165) is 12.8 Å². The van der Waals surface area contributed by atoms with E-state index >= 15 is 0 Å². The van der Waals surface area contributed by atoms with Crippen molar-refractivity contribution in [1.82, 2.24) is 0 Å². The van der Waals surface area contributed by atoms with Crippen LogP contribution in [0.4, 0.5) is 0 Å². The van der Waals surface area contributed by atoms with Crippen molar-refractivity contribution in [2.45, 2.75) is 96.1 Å². The molecule has 150 valence electrons. The monoisotopic (exact) mass is 380 g/mol. The molecule has 6 N–H and O–H groups in total. The standard InChI is InChI=1S/C18H39NO5P/c1-2-3-4-5-6-7-8-9-10-11-12-13-14-15-18(20)17(19)16-24-25(21,22)23/h14-15,17-18,20-23H,2-13,16,19H2,1H3/q+1/b15-14+/t17-,18+/m0/s1. The summed E-state index contributed by atoms with van der Waals surface area (Å²) in [7, 11) is -4.28. The number of aliphatic hydroxyl groups excluding tert-OH is 1. The number of hydrogen-bond donors (Lipinski definition) is 5. The Labute approximate surface area is 153 Å². The fourth-order valence-electron chi connectivity index (χ4n) is 2.59. The van der Waals surface area contributed by atoms with Crippen molar-refractivity contribution in [2.75, 3.05) is 6.61 Å². The van der Waals surface area contributed by atoms with Gasteiger partial charge >= 0.3 is 8.17 Å². The van der Waals surface area contributed by atoms with E-state index in [0.29, 0.717) is 0 Å². The third-order valence-corrected chi connectivity index (χ3v) is 4.68. The molecular weight excluding hydrogens is 341 g/mol. The molecule has 0 spiro atoms. The van der Waals surface area contributed by atoms with Crippen molar-refractivity contribution >= 4 is 8.17 Å². The van der Waals surface area contributed by atoms with Crippen LogP contribution >= 0.6 is 8.17 Å². The van der Waals surface area contributed by atoms with Gasteiger partial charge in [-0.05, 0) is 12.8 Å². The summed E-state index contributed by atoms with van der Waals surface area (Å²) in [6.45, 7) is 1.93. The second-order valence-electron chi connectivity index (χ2n) is 6.72. The molecule has 0 aromatic heterocycles. The fraction of sp³-hybridized carbons (Fsp3) is 0.889. The van der Waals surface area contributed by atoms with Crippen LogP contribution in [0.5, 0.6) is 0 Å².